The maximum Gasteiger partial charge on any atom is 0.267 e. The Labute approximate surface area is 350 Å². The minimum atomic E-state index is -3.01. The molecular formula is C45H47F3N6O7. The Kier molecular flexibility index (Phi) is 12.6. The van der Waals surface area contributed by atoms with Gasteiger partial charge in [-0.3, -0.25) is 34.4 Å². The van der Waals surface area contributed by atoms with Crippen LogP contribution in [0.5, 0.6) is 5.88 Å². The third-order valence-corrected chi connectivity index (χ3v) is 11.9. The summed E-state index contributed by atoms with van der Waals surface area (Å²) in [6, 6.07) is 15.9. The van der Waals surface area contributed by atoms with Crippen molar-refractivity contribution in [3.63, 3.8) is 0 Å². The van der Waals surface area contributed by atoms with Crippen molar-refractivity contribution in [3.8, 4) is 17.0 Å². The number of halogens is 3. The number of piperidine rings is 2. The molecule has 0 radical (unpaired) electrons. The SMILES string of the molecule is Cn1c2ccncc2c2ccc(-c3ccc(OCCCCCOCCOC(C(F)F)C(F)C4CCN(c5ccc6c(c5)C(=O)N(C5CCC(=O)NC5=O)C6=O)CC4)nc3)cc21. The maximum absolute atomic E-state index is 15.5. The van der Waals surface area contributed by atoms with Crippen molar-refractivity contribution in [2.45, 2.75) is 69.7 Å². The van der Waals surface area contributed by atoms with Crippen molar-refractivity contribution in [2.24, 2.45) is 13.0 Å². The van der Waals surface area contributed by atoms with E-state index < -0.39 is 54.3 Å². The van der Waals surface area contributed by atoms with Crippen LogP contribution < -0.4 is 15.0 Å². The number of fused-ring (bicyclic) bond motifs is 4. The zero-order chi connectivity index (χ0) is 42.6. The molecule has 61 heavy (non-hydrogen) atoms. The summed E-state index contributed by atoms with van der Waals surface area (Å²) < 4.78 is 62.4. The van der Waals surface area contributed by atoms with Gasteiger partial charge in [0.1, 0.15) is 18.3 Å². The smallest absolute Gasteiger partial charge is 0.267 e. The molecule has 2 aromatic carbocycles. The van der Waals surface area contributed by atoms with Gasteiger partial charge in [0.25, 0.3) is 18.2 Å². The van der Waals surface area contributed by atoms with E-state index in [1.165, 1.54) is 6.07 Å². The largest absolute Gasteiger partial charge is 0.478 e. The van der Waals surface area contributed by atoms with Crippen LogP contribution in [0.3, 0.4) is 0 Å². The summed E-state index contributed by atoms with van der Waals surface area (Å²) in [4.78, 5) is 61.8. The number of aryl methyl sites for hydroxylation is 1. The van der Waals surface area contributed by atoms with Gasteiger partial charge in [-0.05, 0) is 86.4 Å². The first-order valence-corrected chi connectivity index (χ1v) is 20.7. The minimum absolute atomic E-state index is 0.0183. The summed E-state index contributed by atoms with van der Waals surface area (Å²) in [7, 11) is 2.05. The lowest BCUT2D eigenvalue weighted by atomic mass is 9.89. The number of ether oxygens (including phenoxy) is 3. The molecule has 2 fully saturated rings. The molecule has 3 aliphatic rings. The molecule has 0 aliphatic carbocycles. The fraction of sp³-hybridized carbons (Fsp3) is 0.422. The number of carbonyl (C=O) groups is 4. The summed E-state index contributed by atoms with van der Waals surface area (Å²) >= 11 is 0. The zero-order valence-electron chi connectivity index (χ0n) is 33.7. The van der Waals surface area contributed by atoms with Crippen LogP contribution in [0.25, 0.3) is 32.9 Å². The number of carbonyl (C=O) groups excluding carboxylic acids is 4. The monoisotopic (exact) mass is 840 g/mol. The summed E-state index contributed by atoms with van der Waals surface area (Å²) in [5.41, 5.74) is 5.21. The number of amides is 4. The molecule has 320 valence electrons. The van der Waals surface area contributed by atoms with Gasteiger partial charge in [0, 0.05) is 85.4 Å². The van der Waals surface area contributed by atoms with Gasteiger partial charge >= 0.3 is 0 Å². The molecule has 3 aromatic heterocycles. The second-order valence-corrected chi connectivity index (χ2v) is 15.7. The van der Waals surface area contributed by atoms with Gasteiger partial charge in [-0.25, -0.2) is 18.2 Å². The lowest BCUT2D eigenvalue weighted by Crippen LogP contribution is -2.54. The molecule has 0 bridgehead atoms. The van der Waals surface area contributed by atoms with E-state index in [0.717, 1.165) is 57.1 Å². The first-order chi connectivity index (χ1) is 29.6. The molecule has 6 heterocycles. The Bertz CT molecular complexity index is 2420. The topological polar surface area (TPSA) is 145 Å². The van der Waals surface area contributed by atoms with E-state index in [4.69, 9.17) is 14.2 Å². The number of nitrogens with zero attached hydrogens (tertiary/aromatic N) is 5. The number of hydrogen-bond donors (Lipinski definition) is 1. The fourth-order valence-corrected chi connectivity index (χ4v) is 8.58. The van der Waals surface area contributed by atoms with Crippen LogP contribution in [0.4, 0.5) is 18.9 Å². The van der Waals surface area contributed by atoms with Crippen LogP contribution in [0.2, 0.25) is 0 Å². The van der Waals surface area contributed by atoms with Crippen LogP contribution in [-0.4, -0.2) is 107 Å². The molecule has 13 nitrogen and oxygen atoms in total. The first kappa shape index (κ1) is 41.8. The highest BCUT2D eigenvalue weighted by Crippen LogP contribution is 2.35. The number of unbranched alkanes of at least 4 members (excludes halogenated alkanes) is 2. The number of alkyl halides is 3. The molecule has 3 unspecified atom stereocenters. The minimum Gasteiger partial charge on any atom is -0.478 e. The van der Waals surface area contributed by atoms with Crippen LogP contribution in [-0.2, 0) is 26.1 Å². The predicted molar refractivity (Wildman–Crippen MR) is 220 cm³/mol. The molecule has 16 heteroatoms. The normalized spacial score (nSPS) is 18.3. The number of imide groups is 2. The Balaban J connectivity index is 0.713. The van der Waals surface area contributed by atoms with Crippen molar-refractivity contribution in [1.29, 1.82) is 0 Å². The van der Waals surface area contributed by atoms with Crippen LogP contribution >= 0.6 is 0 Å². The van der Waals surface area contributed by atoms with E-state index in [1.807, 2.05) is 36.3 Å². The van der Waals surface area contributed by atoms with E-state index in [1.54, 1.807) is 24.5 Å². The molecule has 8 rings (SSSR count). The molecule has 2 saturated heterocycles. The third kappa shape index (κ3) is 8.82. The Morgan fingerprint density at radius 2 is 1.57 bits per heavy atom. The molecule has 3 aliphatic heterocycles. The number of aromatic nitrogens is 3. The first-order valence-electron chi connectivity index (χ1n) is 20.7. The molecule has 1 N–H and O–H groups in total. The lowest BCUT2D eigenvalue weighted by molar-refractivity contribution is -0.136. The van der Waals surface area contributed by atoms with Gasteiger partial charge in [-0.1, -0.05) is 12.1 Å². The molecule has 4 amide bonds. The van der Waals surface area contributed by atoms with Crippen molar-refractivity contribution >= 4 is 51.1 Å². The summed E-state index contributed by atoms with van der Waals surface area (Å²) in [6.45, 7) is 1.48. The zero-order valence-corrected chi connectivity index (χ0v) is 33.7. The highest BCUT2D eigenvalue weighted by molar-refractivity contribution is 6.23. The number of anilines is 1. The predicted octanol–water partition coefficient (Wildman–Crippen LogP) is 6.66. The van der Waals surface area contributed by atoms with Gasteiger partial charge in [0.2, 0.25) is 17.7 Å². The molecule has 0 saturated carbocycles. The molecule has 5 aromatic rings. The Hall–Kier alpha value is -5.87. The summed E-state index contributed by atoms with van der Waals surface area (Å²) in [5, 5.41) is 4.44. The summed E-state index contributed by atoms with van der Waals surface area (Å²) in [5.74, 6) is -2.49. The van der Waals surface area contributed by atoms with E-state index in [2.05, 4.69) is 38.1 Å². The lowest BCUT2D eigenvalue weighted by Gasteiger charge is -2.36. The molecule has 3 atom stereocenters. The molecular weight excluding hydrogens is 794 g/mol. The third-order valence-electron chi connectivity index (χ3n) is 11.9. The molecule has 0 spiro atoms. The number of nitrogens with one attached hydrogen (secondary N) is 1. The van der Waals surface area contributed by atoms with Crippen LogP contribution in [0.15, 0.2) is 73.2 Å². The van der Waals surface area contributed by atoms with Crippen LogP contribution in [0, 0.1) is 5.92 Å². The van der Waals surface area contributed by atoms with Gasteiger partial charge in [-0.2, -0.15) is 0 Å². The Morgan fingerprint density at radius 1 is 0.787 bits per heavy atom. The highest BCUT2D eigenvalue weighted by Gasteiger charge is 2.45. The number of pyridine rings is 2. The standard InChI is InChI=1S/C45H47F3N6O7/c1-52-35-13-16-49-26-34(35)31-8-5-28(23-37(31)52)29-6-12-39(50-25-29)60-20-4-2-3-19-59-21-22-61-41(42(47)48)40(46)27-14-17-53(18-15-27)30-7-9-32-33(24-30)45(58)54(44(32)57)36-10-11-38(55)51-43(36)56/h5-9,12-13,16,23-27,36,40-42H,2-4,10-11,14-15,17-22H2,1H3,(H,51,55,56). The van der Waals surface area contributed by atoms with Gasteiger partial charge < -0.3 is 23.7 Å². The van der Waals surface area contributed by atoms with Crippen LogP contribution in [0.1, 0.15) is 65.7 Å². The average Bonchev–Trinajstić information content (AvgIpc) is 3.70. The Morgan fingerprint density at radius 3 is 2.34 bits per heavy atom. The van der Waals surface area contributed by atoms with E-state index in [-0.39, 0.29) is 50.0 Å². The van der Waals surface area contributed by atoms with E-state index in [0.29, 0.717) is 37.9 Å². The fourth-order valence-electron chi connectivity index (χ4n) is 8.58. The second kappa shape index (κ2) is 18.4. The van der Waals surface area contributed by atoms with Crippen molar-refractivity contribution in [1.82, 2.24) is 24.8 Å². The summed E-state index contributed by atoms with van der Waals surface area (Å²) in [6.07, 6.45) is 1.68. The van der Waals surface area contributed by atoms with Gasteiger partial charge in [-0.15, -0.1) is 0 Å². The van der Waals surface area contributed by atoms with Crippen molar-refractivity contribution in [3.05, 3.63) is 84.3 Å². The second-order valence-electron chi connectivity index (χ2n) is 15.7. The van der Waals surface area contributed by atoms with E-state index in [9.17, 15) is 28.0 Å². The average molecular weight is 841 g/mol. The van der Waals surface area contributed by atoms with Crippen molar-refractivity contribution < 1.29 is 46.6 Å². The van der Waals surface area contributed by atoms with Gasteiger partial charge in [0.15, 0.2) is 0 Å². The number of rotatable bonds is 17. The number of hydrogen-bond acceptors (Lipinski definition) is 10. The maximum atomic E-state index is 15.5. The number of benzene rings is 2. The quantitative estimate of drug-likeness (QED) is 0.0798. The van der Waals surface area contributed by atoms with Gasteiger partial charge in [0.05, 0.1) is 36.5 Å². The highest BCUT2D eigenvalue weighted by atomic mass is 19.3. The van der Waals surface area contributed by atoms with Crippen molar-refractivity contribution in [2.75, 3.05) is 44.4 Å². The van der Waals surface area contributed by atoms with E-state index >= 15 is 4.39 Å².